The number of allylic oxidation sites excluding steroid dienone is 3. The van der Waals surface area contributed by atoms with E-state index < -0.39 is 23.3 Å². The molecule has 2 aliphatic heterocycles. The maximum absolute atomic E-state index is 14.5. The summed E-state index contributed by atoms with van der Waals surface area (Å²) in [4.78, 5) is 12.7. The van der Waals surface area contributed by atoms with Gasteiger partial charge in [0.05, 0.1) is 0 Å². The van der Waals surface area contributed by atoms with Gasteiger partial charge in [-0.15, -0.1) is 0 Å². The van der Waals surface area contributed by atoms with E-state index in [2.05, 4.69) is 33.1 Å². The molecule has 0 aliphatic carbocycles. The highest BCUT2D eigenvalue weighted by Crippen LogP contribution is 2.45. The van der Waals surface area contributed by atoms with Crippen molar-refractivity contribution >= 4 is 39.2 Å². The molecule has 26 heavy (non-hydrogen) atoms. The molecule has 2 unspecified atom stereocenters. The van der Waals surface area contributed by atoms with Gasteiger partial charge in [-0.1, -0.05) is 28.6 Å². The Kier molecular flexibility index (Phi) is 4.98. The Morgan fingerprint density at radius 2 is 2.23 bits per heavy atom. The molecule has 1 aromatic rings. The summed E-state index contributed by atoms with van der Waals surface area (Å²) in [7, 11) is 0. The summed E-state index contributed by atoms with van der Waals surface area (Å²) in [6.07, 6.45) is 1.36. The van der Waals surface area contributed by atoms with E-state index in [0.717, 1.165) is 10.5 Å². The molecular formula is C18H15BrF2N2O2S. The fourth-order valence-corrected chi connectivity index (χ4v) is 3.83. The minimum atomic E-state index is -1.22. The highest BCUT2D eigenvalue weighted by Gasteiger charge is 2.53. The molecule has 2 aliphatic rings. The van der Waals surface area contributed by atoms with Crippen LogP contribution in [0.4, 0.5) is 8.78 Å². The van der Waals surface area contributed by atoms with Gasteiger partial charge in [0.2, 0.25) is 0 Å². The molecular weight excluding hydrogens is 426 g/mol. The third-order valence-electron chi connectivity index (χ3n) is 4.40. The van der Waals surface area contributed by atoms with E-state index in [1.54, 1.807) is 25.1 Å². The Bertz CT molecular complexity index is 884. The Balaban J connectivity index is 2.14. The second-order valence-electron chi connectivity index (χ2n) is 5.87. The van der Waals surface area contributed by atoms with Crippen molar-refractivity contribution in [2.24, 2.45) is 0 Å². The van der Waals surface area contributed by atoms with Crippen LogP contribution in [-0.4, -0.2) is 17.1 Å². The average Bonchev–Trinajstić information content (AvgIpc) is 2.89. The summed E-state index contributed by atoms with van der Waals surface area (Å²) in [5, 5.41) is 5.73. The van der Waals surface area contributed by atoms with Crippen molar-refractivity contribution in [2.45, 2.75) is 25.0 Å². The standard InChI is InChI=1S/C18H15BrF2N2O2S/c1-3-10(15(21)12(20)4-2)14-8-18(16(24)22-17(26)23-18)11-7-9(19)5-6-13(11)25-14/h3-7,14H,2,8H2,1H3,(H2,22,23,24,26)/b10-3-,15-12-. The Hall–Kier alpha value is -2.06. The topological polar surface area (TPSA) is 50.4 Å². The number of halogens is 3. The average molecular weight is 441 g/mol. The van der Waals surface area contributed by atoms with Crippen LogP contribution in [0.25, 0.3) is 0 Å². The predicted molar refractivity (Wildman–Crippen MR) is 102 cm³/mol. The number of benzene rings is 1. The summed E-state index contributed by atoms with van der Waals surface area (Å²) in [6.45, 7) is 4.82. The first-order chi connectivity index (χ1) is 12.3. The zero-order chi connectivity index (χ0) is 19.1. The van der Waals surface area contributed by atoms with Gasteiger partial charge in [-0.3, -0.25) is 4.79 Å². The molecule has 2 N–H and O–H groups in total. The minimum Gasteiger partial charge on any atom is -0.485 e. The van der Waals surface area contributed by atoms with Crippen LogP contribution in [0.3, 0.4) is 0 Å². The fourth-order valence-electron chi connectivity index (χ4n) is 3.20. The number of hydrogen-bond donors (Lipinski definition) is 2. The van der Waals surface area contributed by atoms with Crippen molar-refractivity contribution in [3.8, 4) is 5.75 Å². The van der Waals surface area contributed by atoms with E-state index >= 15 is 0 Å². The number of fused-ring (bicyclic) bond motifs is 2. The molecule has 1 fully saturated rings. The van der Waals surface area contributed by atoms with Gasteiger partial charge < -0.3 is 15.4 Å². The van der Waals surface area contributed by atoms with E-state index in [4.69, 9.17) is 17.0 Å². The van der Waals surface area contributed by atoms with Gasteiger partial charge in [-0.05, 0) is 43.4 Å². The van der Waals surface area contributed by atoms with Crippen molar-refractivity contribution in [1.29, 1.82) is 0 Å². The lowest BCUT2D eigenvalue weighted by molar-refractivity contribution is -0.125. The largest absolute Gasteiger partial charge is 0.485 e. The smallest absolute Gasteiger partial charge is 0.256 e. The van der Waals surface area contributed by atoms with Crippen molar-refractivity contribution in [2.75, 3.05) is 0 Å². The zero-order valence-corrected chi connectivity index (χ0v) is 16.1. The number of ether oxygens (including phenoxy) is 1. The van der Waals surface area contributed by atoms with Gasteiger partial charge in [0.25, 0.3) is 5.91 Å². The molecule has 136 valence electrons. The Morgan fingerprint density at radius 1 is 1.50 bits per heavy atom. The van der Waals surface area contributed by atoms with E-state index in [9.17, 15) is 13.6 Å². The molecule has 1 aromatic carbocycles. The SMILES string of the molecule is C=C/C(F)=C(F)\C(=C/C)C1CC2(NC(=S)NC2=O)c2cc(Br)ccc2O1. The molecule has 1 amide bonds. The number of hydrogen-bond acceptors (Lipinski definition) is 3. The molecule has 8 heteroatoms. The van der Waals surface area contributed by atoms with E-state index in [1.807, 2.05) is 0 Å². The minimum absolute atomic E-state index is 0.00256. The highest BCUT2D eigenvalue weighted by atomic mass is 79.9. The summed E-state index contributed by atoms with van der Waals surface area (Å²) in [6, 6.07) is 5.16. The van der Waals surface area contributed by atoms with Crippen molar-refractivity contribution in [3.05, 3.63) is 64.2 Å². The maximum atomic E-state index is 14.5. The fraction of sp³-hybridized carbons (Fsp3) is 0.222. The van der Waals surface area contributed by atoms with Gasteiger partial charge in [0.1, 0.15) is 11.9 Å². The molecule has 0 radical (unpaired) electrons. The van der Waals surface area contributed by atoms with Crippen LogP contribution in [0.5, 0.6) is 5.75 Å². The first kappa shape index (κ1) is 18.7. The maximum Gasteiger partial charge on any atom is 0.256 e. The van der Waals surface area contributed by atoms with Crippen LogP contribution in [-0.2, 0) is 10.3 Å². The Labute approximate surface area is 163 Å². The van der Waals surface area contributed by atoms with Gasteiger partial charge in [0.15, 0.2) is 22.3 Å². The number of carbonyl (C=O) groups excluding carboxylic acids is 1. The lowest BCUT2D eigenvalue weighted by Crippen LogP contribution is -2.50. The van der Waals surface area contributed by atoms with Gasteiger partial charge in [0, 0.05) is 22.0 Å². The number of thiocarbonyl (C=S) groups is 1. The third-order valence-corrected chi connectivity index (χ3v) is 5.10. The van der Waals surface area contributed by atoms with E-state index in [-0.39, 0.29) is 23.0 Å². The van der Waals surface area contributed by atoms with Crippen LogP contribution >= 0.6 is 28.1 Å². The quantitative estimate of drug-likeness (QED) is 0.549. The highest BCUT2D eigenvalue weighted by molar-refractivity contribution is 9.10. The second-order valence-corrected chi connectivity index (χ2v) is 7.20. The molecule has 2 atom stereocenters. The number of amides is 1. The number of nitrogens with one attached hydrogen (secondary N) is 2. The summed E-state index contributed by atoms with van der Waals surface area (Å²) < 4.78 is 34.9. The Morgan fingerprint density at radius 3 is 2.81 bits per heavy atom. The van der Waals surface area contributed by atoms with Crippen molar-refractivity contribution < 1.29 is 18.3 Å². The van der Waals surface area contributed by atoms with E-state index in [1.165, 1.54) is 6.08 Å². The lowest BCUT2D eigenvalue weighted by Gasteiger charge is -2.38. The molecule has 0 bridgehead atoms. The zero-order valence-electron chi connectivity index (χ0n) is 13.7. The van der Waals surface area contributed by atoms with Gasteiger partial charge in [-0.25, -0.2) is 8.78 Å². The molecule has 0 saturated carbocycles. The van der Waals surface area contributed by atoms with Crippen LogP contribution in [0.2, 0.25) is 0 Å². The normalized spacial score (nSPS) is 25.8. The summed E-state index contributed by atoms with van der Waals surface area (Å²) in [5.41, 5.74) is -0.648. The molecule has 1 spiro atoms. The molecule has 4 nitrogen and oxygen atoms in total. The monoisotopic (exact) mass is 440 g/mol. The van der Waals surface area contributed by atoms with Gasteiger partial charge >= 0.3 is 0 Å². The van der Waals surface area contributed by atoms with Crippen LogP contribution in [0, 0.1) is 0 Å². The van der Waals surface area contributed by atoms with Crippen LogP contribution < -0.4 is 15.4 Å². The lowest BCUT2D eigenvalue weighted by atomic mass is 9.80. The van der Waals surface area contributed by atoms with E-state index in [0.29, 0.717) is 11.3 Å². The third kappa shape index (κ3) is 2.97. The molecule has 3 rings (SSSR count). The molecule has 1 saturated heterocycles. The van der Waals surface area contributed by atoms with Crippen LogP contribution in [0.1, 0.15) is 18.9 Å². The first-order valence-electron chi connectivity index (χ1n) is 7.77. The predicted octanol–water partition coefficient (Wildman–Crippen LogP) is 4.08. The van der Waals surface area contributed by atoms with Crippen molar-refractivity contribution in [3.63, 3.8) is 0 Å². The van der Waals surface area contributed by atoms with Gasteiger partial charge in [-0.2, -0.15) is 0 Å². The van der Waals surface area contributed by atoms with Crippen LogP contribution in [0.15, 0.2) is 58.6 Å². The number of rotatable bonds is 3. The number of carbonyl (C=O) groups is 1. The second kappa shape index (κ2) is 6.92. The summed E-state index contributed by atoms with van der Waals surface area (Å²) in [5.74, 6) is -2.12. The molecule has 0 aromatic heterocycles. The summed E-state index contributed by atoms with van der Waals surface area (Å²) >= 11 is 8.47. The van der Waals surface area contributed by atoms with Crippen molar-refractivity contribution in [1.82, 2.24) is 10.6 Å². The first-order valence-corrected chi connectivity index (χ1v) is 8.97. The molecule has 2 heterocycles.